The Bertz CT molecular complexity index is 597. The van der Waals surface area contributed by atoms with E-state index in [-0.39, 0.29) is 5.82 Å². The molecule has 0 saturated heterocycles. The lowest BCUT2D eigenvalue weighted by atomic mass is 10.1. The molecule has 1 atom stereocenters. The molecule has 0 fully saturated rings. The Kier molecular flexibility index (Phi) is 4.32. The van der Waals surface area contributed by atoms with Crippen molar-refractivity contribution in [3.8, 4) is 0 Å². The molecule has 2 aromatic rings. The van der Waals surface area contributed by atoms with Gasteiger partial charge in [-0.3, -0.25) is 0 Å². The number of benzene rings is 2. The molecule has 104 valence electrons. The van der Waals surface area contributed by atoms with Crippen molar-refractivity contribution in [2.45, 2.75) is 13.0 Å². The number of hydrogen-bond donors (Lipinski definition) is 3. The average molecular weight is 274 g/mol. The molecule has 0 aliphatic carbocycles. The second kappa shape index (κ2) is 6.16. The van der Waals surface area contributed by atoms with Gasteiger partial charge in [0.15, 0.2) is 0 Å². The second-order valence-corrected chi connectivity index (χ2v) is 4.39. The zero-order valence-corrected chi connectivity index (χ0v) is 10.9. The first-order valence-electron chi connectivity index (χ1n) is 6.16. The highest BCUT2D eigenvalue weighted by molar-refractivity contribution is 5.99. The number of rotatable bonds is 3. The molecule has 0 saturated carbocycles. The van der Waals surface area contributed by atoms with Crippen LogP contribution in [0.1, 0.15) is 18.6 Å². The summed E-state index contributed by atoms with van der Waals surface area (Å²) in [5, 5.41) is 14.7. The lowest BCUT2D eigenvalue weighted by Crippen LogP contribution is -2.19. The monoisotopic (exact) mass is 274 g/mol. The number of nitrogens with one attached hydrogen (secondary N) is 2. The van der Waals surface area contributed by atoms with E-state index >= 15 is 0 Å². The van der Waals surface area contributed by atoms with E-state index in [0.29, 0.717) is 16.9 Å². The third-order valence-electron chi connectivity index (χ3n) is 2.73. The predicted molar refractivity (Wildman–Crippen MR) is 76.1 cm³/mol. The summed E-state index contributed by atoms with van der Waals surface area (Å²) < 4.78 is 12.7. The number of amides is 2. The van der Waals surface area contributed by atoms with E-state index in [1.807, 2.05) is 0 Å². The molecule has 2 rings (SSSR count). The number of hydrogen-bond acceptors (Lipinski definition) is 2. The Morgan fingerprint density at radius 2 is 1.75 bits per heavy atom. The lowest BCUT2D eigenvalue weighted by molar-refractivity contribution is 0.199. The molecular weight excluding hydrogens is 259 g/mol. The normalized spacial score (nSPS) is 11.8. The molecular formula is C15H15FN2O2. The molecule has 5 heteroatoms. The van der Waals surface area contributed by atoms with E-state index < -0.39 is 12.1 Å². The van der Waals surface area contributed by atoms with E-state index in [4.69, 9.17) is 0 Å². The molecule has 0 aliphatic heterocycles. The van der Waals surface area contributed by atoms with Crippen LogP contribution < -0.4 is 10.6 Å². The van der Waals surface area contributed by atoms with Crippen molar-refractivity contribution in [3.63, 3.8) is 0 Å². The fraction of sp³-hybridized carbons (Fsp3) is 0.133. The number of aliphatic hydroxyl groups excluding tert-OH is 1. The van der Waals surface area contributed by atoms with Crippen LogP contribution in [0.3, 0.4) is 0 Å². The molecule has 0 spiro atoms. The predicted octanol–water partition coefficient (Wildman–Crippen LogP) is 3.52. The van der Waals surface area contributed by atoms with Crippen LogP contribution in [-0.2, 0) is 0 Å². The summed E-state index contributed by atoms with van der Waals surface area (Å²) in [6, 6.07) is 12.0. The van der Waals surface area contributed by atoms with E-state index in [1.54, 1.807) is 31.2 Å². The van der Waals surface area contributed by atoms with Gasteiger partial charge in [0.2, 0.25) is 0 Å². The van der Waals surface area contributed by atoms with Crippen molar-refractivity contribution in [2.75, 3.05) is 10.6 Å². The van der Waals surface area contributed by atoms with Crippen LogP contribution in [0, 0.1) is 5.82 Å². The minimum atomic E-state index is -0.600. The third kappa shape index (κ3) is 3.80. The number of urea groups is 1. The highest BCUT2D eigenvalue weighted by Gasteiger charge is 2.05. The summed E-state index contributed by atoms with van der Waals surface area (Å²) in [4.78, 5) is 11.8. The average Bonchev–Trinajstić information content (AvgIpc) is 2.41. The van der Waals surface area contributed by atoms with Crippen LogP contribution in [0.15, 0.2) is 48.5 Å². The van der Waals surface area contributed by atoms with Crippen LogP contribution in [0.5, 0.6) is 0 Å². The molecule has 0 bridgehead atoms. The molecule has 20 heavy (non-hydrogen) atoms. The van der Waals surface area contributed by atoms with Gasteiger partial charge in [0.25, 0.3) is 0 Å². The molecule has 0 aliphatic rings. The van der Waals surface area contributed by atoms with Crippen LogP contribution in [-0.4, -0.2) is 11.1 Å². The van der Waals surface area contributed by atoms with Crippen LogP contribution >= 0.6 is 0 Å². The summed E-state index contributed by atoms with van der Waals surface area (Å²) in [6.07, 6.45) is -0.600. The van der Waals surface area contributed by atoms with Crippen molar-refractivity contribution in [1.82, 2.24) is 0 Å². The van der Waals surface area contributed by atoms with Crippen molar-refractivity contribution in [1.29, 1.82) is 0 Å². The minimum absolute atomic E-state index is 0.361. The highest BCUT2D eigenvalue weighted by atomic mass is 19.1. The molecule has 3 N–H and O–H groups in total. The molecule has 2 aromatic carbocycles. The summed E-state index contributed by atoms with van der Waals surface area (Å²) in [5.41, 5.74) is 1.78. The smallest absolute Gasteiger partial charge is 0.323 e. The standard InChI is InChI=1S/C15H15FN2O2/c1-10(19)11-3-2-4-14(9-11)18-15(20)17-13-7-5-12(16)6-8-13/h2-10,19H,1H3,(H2,17,18,20). The molecule has 0 heterocycles. The Morgan fingerprint density at radius 3 is 2.40 bits per heavy atom. The zero-order chi connectivity index (χ0) is 14.5. The number of carbonyl (C=O) groups excluding carboxylic acids is 1. The maximum Gasteiger partial charge on any atom is 0.323 e. The van der Waals surface area contributed by atoms with Gasteiger partial charge in [-0.15, -0.1) is 0 Å². The maximum atomic E-state index is 12.7. The van der Waals surface area contributed by atoms with Gasteiger partial charge in [0.05, 0.1) is 6.10 Å². The van der Waals surface area contributed by atoms with Crippen molar-refractivity contribution < 1.29 is 14.3 Å². The minimum Gasteiger partial charge on any atom is -0.389 e. The number of halogens is 1. The van der Waals surface area contributed by atoms with Gasteiger partial charge in [-0.05, 0) is 48.9 Å². The fourth-order valence-corrected chi connectivity index (χ4v) is 1.70. The van der Waals surface area contributed by atoms with Gasteiger partial charge >= 0.3 is 6.03 Å². The Labute approximate surface area is 116 Å². The molecule has 0 aromatic heterocycles. The van der Waals surface area contributed by atoms with Gasteiger partial charge in [-0.25, -0.2) is 9.18 Å². The van der Waals surface area contributed by atoms with Crippen LogP contribution in [0.4, 0.5) is 20.6 Å². The number of anilines is 2. The van der Waals surface area contributed by atoms with E-state index in [0.717, 1.165) is 0 Å². The molecule has 1 unspecified atom stereocenters. The van der Waals surface area contributed by atoms with Gasteiger partial charge in [0, 0.05) is 11.4 Å². The van der Waals surface area contributed by atoms with Gasteiger partial charge in [-0.2, -0.15) is 0 Å². The third-order valence-corrected chi connectivity index (χ3v) is 2.73. The van der Waals surface area contributed by atoms with Gasteiger partial charge in [-0.1, -0.05) is 12.1 Å². The topological polar surface area (TPSA) is 61.4 Å². The van der Waals surface area contributed by atoms with E-state index in [9.17, 15) is 14.3 Å². The Hall–Kier alpha value is -2.40. The highest BCUT2D eigenvalue weighted by Crippen LogP contribution is 2.17. The molecule has 4 nitrogen and oxygen atoms in total. The van der Waals surface area contributed by atoms with Crippen molar-refractivity contribution in [2.24, 2.45) is 0 Å². The first-order chi connectivity index (χ1) is 9.54. The largest absolute Gasteiger partial charge is 0.389 e. The quantitative estimate of drug-likeness (QED) is 0.802. The van der Waals surface area contributed by atoms with Crippen LogP contribution in [0.25, 0.3) is 0 Å². The van der Waals surface area contributed by atoms with Crippen molar-refractivity contribution >= 4 is 17.4 Å². The SMILES string of the molecule is CC(O)c1cccc(NC(=O)Nc2ccc(F)cc2)c1. The first-order valence-corrected chi connectivity index (χ1v) is 6.16. The maximum absolute atomic E-state index is 12.7. The second-order valence-electron chi connectivity index (χ2n) is 4.39. The first kappa shape index (κ1) is 14.0. The Balaban J connectivity index is 2.01. The van der Waals surface area contributed by atoms with E-state index in [2.05, 4.69) is 10.6 Å². The molecule has 2 amide bonds. The lowest BCUT2D eigenvalue weighted by Gasteiger charge is -2.10. The van der Waals surface area contributed by atoms with Crippen molar-refractivity contribution in [3.05, 3.63) is 59.9 Å². The summed E-state index contributed by atoms with van der Waals surface area (Å²) in [5.74, 6) is -0.361. The number of aliphatic hydroxyl groups is 1. The van der Waals surface area contributed by atoms with Gasteiger partial charge in [0.1, 0.15) is 5.82 Å². The summed E-state index contributed by atoms with van der Waals surface area (Å²) in [7, 11) is 0. The summed E-state index contributed by atoms with van der Waals surface area (Å²) in [6.45, 7) is 1.65. The van der Waals surface area contributed by atoms with E-state index in [1.165, 1.54) is 24.3 Å². The fourth-order valence-electron chi connectivity index (χ4n) is 1.70. The molecule has 0 radical (unpaired) electrons. The number of carbonyl (C=O) groups is 1. The van der Waals surface area contributed by atoms with Gasteiger partial charge < -0.3 is 15.7 Å². The van der Waals surface area contributed by atoms with Crippen LogP contribution in [0.2, 0.25) is 0 Å². The zero-order valence-electron chi connectivity index (χ0n) is 10.9. The summed E-state index contributed by atoms with van der Waals surface area (Å²) >= 11 is 0. The Morgan fingerprint density at radius 1 is 1.10 bits per heavy atom.